The molecular weight excluding hydrogens is 261 g/mol. The molecule has 1 heterocycles. The predicted octanol–water partition coefficient (Wildman–Crippen LogP) is 3.18. The zero-order chi connectivity index (χ0) is 12.4. The molecule has 1 aromatic carbocycles. The average Bonchev–Trinajstić information content (AvgIpc) is 2.34. The minimum atomic E-state index is -0.965. The average molecular weight is 270 g/mol. The summed E-state index contributed by atoms with van der Waals surface area (Å²) in [6, 6.07) is 6.08. The molecular formula is C12H9Cl2NO2. The highest BCUT2D eigenvalue weighted by Gasteiger charge is 2.16. The van der Waals surface area contributed by atoms with Crippen LogP contribution in [0, 0.1) is 0 Å². The van der Waals surface area contributed by atoms with Gasteiger partial charge in [0.1, 0.15) is 11.9 Å². The Morgan fingerprint density at radius 2 is 1.65 bits per heavy atom. The number of benzene rings is 1. The monoisotopic (exact) mass is 269 g/mol. The van der Waals surface area contributed by atoms with Gasteiger partial charge in [-0.25, -0.2) is 0 Å². The molecule has 0 amide bonds. The fourth-order valence-corrected chi connectivity index (χ4v) is 1.83. The second-order valence-electron chi connectivity index (χ2n) is 3.51. The van der Waals surface area contributed by atoms with Crippen LogP contribution in [0.3, 0.4) is 0 Å². The minimum Gasteiger partial charge on any atom is -0.508 e. The van der Waals surface area contributed by atoms with Crippen LogP contribution in [0.4, 0.5) is 0 Å². The van der Waals surface area contributed by atoms with Crippen molar-refractivity contribution in [1.82, 2.24) is 4.98 Å². The van der Waals surface area contributed by atoms with Crippen LogP contribution in [0.25, 0.3) is 0 Å². The van der Waals surface area contributed by atoms with Crippen LogP contribution in [0.1, 0.15) is 17.2 Å². The van der Waals surface area contributed by atoms with Crippen molar-refractivity contribution in [2.45, 2.75) is 6.10 Å². The van der Waals surface area contributed by atoms with Crippen LogP contribution in [-0.4, -0.2) is 15.2 Å². The van der Waals surface area contributed by atoms with E-state index >= 15 is 0 Å². The Labute approximate surface area is 108 Å². The Hall–Kier alpha value is -1.29. The van der Waals surface area contributed by atoms with E-state index in [4.69, 9.17) is 23.2 Å². The number of pyridine rings is 1. The molecule has 0 radical (unpaired) electrons. The number of halogens is 2. The molecule has 5 heteroatoms. The number of rotatable bonds is 2. The van der Waals surface area contributed by atoms with E-state index in [9.17, 15) is 10.2 Å². The number of aliphatic hydroxyl groups excluding tert-OH is 1. The molecule has 0 saturated heterocycles. The summed E-state index contributed by atoms with van der Waals surface area (Å²) in [5.74, 6) is -0.0938. The van der Waals surface area contributed by atoms with Gasteiger partial charge in [0.05, 0.1) is 10.0 Å². The molecule has 3 nitrogen and oxygen atoms in total. The van der Waals surface area contributed by atoms with Crippen LogP contribution in [0.15, 0.2) is 36.7 Å². The Kier molecular flexibility index (Phi) is 3.52. The SMILES string of the molecule is Oc1cc(Cl)c(Cl)cc1C(O)c1ccncc1. The number of aromatic nitrogens is 1. The first-order valence-corrected chi connectivity index (χ1v) is 5.61. The predicted molar refractivity (Wildman–Crippen MR) is 66.4 cm³/mol. The Morgan fingerprint density at radius 1 is 1.06 bits per heavy atom. The fourth-order valence-electron chi connectivity index (χ4n) is 1.50. The first kappa shape index (κ1) is 12.2. The van der Waals surface area contributed by atoms with E-state index in [2.05, 4.69) is 4.98 Å². The summed E-state index contributed by atoms with van der Waals surface area (Å²) >= 11 is 11.6. The molecule has 17 heavy (non-hydrogen) atoms. The van der Waals surface area contributed by atoms with Crippen LogP contribution in [0.2, 0.25) is 10.0 Å². The lowest BCUT2D eigenvalue weighted by atomic mass is 10.0. The third-order valence-electron chi connectivity index (χ3n) is 2.39. The van der Waals surface area contributed by atoms with E-state index < -0.39 is 6.10 Å². The van der Waals surface area contributed by atoms with Gasteiger partial charge in [-0.05, 0) is 23.8 Å². The van der Waals surface area contributed by atoms with Gasteiger partial charge in [-0.15, -0.1) is 0 Å². The van der Waals surface area contributed by atoms with E-state index in [-0.39, 0.29) is 15.8 Å². The lowest BCUT2D eigenvalue weighted by molar-refractivity contribution is 0.215. The largest absolute Gasteiger partial charge is 0.508 e. The molecule has 0 aliphatic carbocycles. The molecule has 2 N–H and O–H groups in total. The molecule has 0 fully saturated rings. The maximum absolute atomic E-state index is 10.1. The third kappa shape index (κ3) is 2.52. The number of aliphatic hydroxyl groups is 1. The fraction of sp³-hybridized carbons (Fsp3) is 0.0833. The molecule has 0 bridgehead atoms. The number of nitrogens with zero attached hydrogens (tertiary/aromatic N) is 1. The quantitative estimate of drug-likeness (QED) is 0.881. The van der Waals surface area contributed by atoms with Gasteiger partial charge in [0.25, 0.3) is 0 Å². The van der Waals surface area contributed by atoms with Crippen molar-refractivity contribution < 1.29 is 10.2 Å². The molecule has 0 aliphatic rings. The smallest absolute Gasteiger partial charge is 0.123 e. The van der Waals surface area contributed by atoms with E-state index in [1.54, 1.807) is 24.5 Å². The molecule has 1 aromatic heterocycles. The molecule has 0 spiro atoms. The number of aromatic hydroxyl groups is 1. The topological polar surface area (TPSA) is 53.4 Å². The highest BCUT2D eigenvalue weighted by Crippen LogP contribution is 2.35. The highest BCUT2D eigenvalue weighted by molar-refractivity contribution is 6.42. The van der Waals surface area contributed by atoms with Gasteiger partial charge >= 0.3 is 0 Å². The van der Waals surface area contributed by atoms with Gasteiger partial charge in [-0.1, -0.05) is 23.2 Å². The first-order chi connectivity index (χ1) is 8.09. The summed E-state index contributed by atoms with van der Waals surface area (Å²) in [7, 11) is 0. The van der Waals surface area contributed by atoms with Crippen molar-refractivity contribution in [1.29, 1.82) is 0 Å². The molecule has 0 aliphatic heterocycles. The van der Waals surface area contributed by atoms with Crippen molar-refractivity contribution in [3.05, 3.63) is 57.8 Å². The number of hydrogen-bond donors (Lipinski definition) is 2. The summed E-state index contributed by atoms with van der Waals surface area (Å²) < 4.78 is 0. The van der Waals surface area contributed by atoms with Crippen molar-refractivity contribution in [3.63, 3.8) is 0 Å². The summed E-state index contributed by atoms with van der Waals surface area (Å²) in [6.07, 6.45) is 2.16. The van der Waals surface area contributed by atoms with E-state index in [1.165, 1.54) is 12.1 Å². The maximum Gasteiger partial charge on any atom is 0.123 e. The first-order valence-electron chi connectivity index (χ1n) is 4.85. The Bertz CT molecular complexity index is 532. The minimum absolute atomic E-state index is 0.0938. The lowest BCUT2D eigenvalue weighted by Gasteiger charge is -2.13. The van der Waals surface area contributed by atoms with Gasteiger partial charge in [-0.2, -0.15) is 0 Å². The molecule has 2 aromatic rings. The standard InChI is InChI=1S/C12H9Cl2NO2/c13-9-5-8(11(16)6-10(9)14)12(17)7-1-3-15-4-2-7/h1-6,12,16-17H. The molecule has 88 valence electrons. The molecule has 0 saturated carbocycles. The number of phenolic OH excluding ortho intramolecular Hbond substituents is 1. The van der Waals surface area contributed by atoms with Gasteiger partial charge in [0, 0.05) is 24.0 Å². The normalized spacial score (nSPS) is 12.4. The summed E-state index contributed by atoms with van der Waals surface area (Å²) in [5.41, 5.74) is 0.930. The van der Waals surface area contributed by atoms with Crippen molar-refractivity contribution in [2.24, 2.45) is 0 Å². The molecule has 1 atom stereocenters. The highest BCUT2D eigenvalue weighted by atomic mass is 35.5. The van der Waals surface area contributed by atoms with Gasteiger partial charge in [-0.3, -0.25) is 4.98 Å². The van der Waals surface area contributed by atoms with Crippen LogP contribution < -0.4 is 0 Å². The van der Waals surface area contributed by atoms with Gasteiger partial charge < -0.3 is 10.2 Å². The van der Waals surface area contributed by atoms with Crippen molar-refractivity contribution in [2.75, 3.05) is 0 Å². The van der Waals surface area contributed by atoms with E-state index in [0.29, 0.717) is 11.1 Å². The third-order valence-corrected chi connectivity index (χ3v) is 3.11. The van der Waals surface area contributed by atoms with Gasteiger partial charge in [0.2, 0.25) is 0 Å². The Balaban J connectivity index is 2.44. The number of hydrogen-bond acceptors (Lipinski definition) is 3. The lowest BCUT2D eigenvalue weighted by Crippen LogP contribution is -2.00. The zero-order valence-electron chi connectivity index (χ0n) is 8.64. The second kappa shape index (κ2) is 4.92. The van der Waals surface area contributed by atoms with Gasteiger partial charge in [0.15, 0.2) is 0 Å². The van der Waals surface area contributed by atoms with Crippen molar-refractivity contribution in [3.8, 4) is 5.75 Å². The van der Waals surface area contributed by atoms with Crippen LogP contribution in [-0.2, 0) is 0 Å². The summed E-state index contributed by atoms with van der Waals surface area (Å²) in [6.45, 7) is 0. The van der Waals surface area contributed by atoms with E-state index in [0.717, 1.165) is 0 Å². The van der Waals surface area contributed by atoms with Crippen LogP contribution in [0.5, 0.6) is 5.75 Å². The zero-order valence-corrected chi connectivity index (χ0v) is 10.2. The second-order valence-corrected chi connectivity index (χ2v) is 4.32. The summed E-state index contributed by atoms with van der Waals surface area (Å²) in [4.78, 5) is 3.85. The maximum atomic E-state index is 10.1. The van der Waals surface area contributed by atoms with Crippen LogP contribution >= 0.6 is 23.2 Å². The van der Waals surface area contributed by atoms with E-state index in [1.807, 2.05) is 0 Å². The number of phenols is 1. The van der Waals surface area contributed by atoms with Crippen molar-refractivity contribution >= 4 is 23.2 Å². The molecule has 1 unspecified atom stereocenters. The summed E-state index contributed by atoms with van der Waals surface area (Å²) in [5, 5.41) is 20.4. The molecule has 2 rings (SSSR count). The Morgan fingerprint density at radius 3 is 2.29 bits per heavy atom.